The second-order valence-electron chi connectivity index (χ2n) is 6.51. The summed E-state index contributed by atoms with van der Waals surface area (Å²) in [6.45, 7) is 4.24. The van der Waals surface area contributed by atoms with E-state index in [1.165, 1.54) is 29.5 Å². The highest BCUT2D eigenvalue weighted by molar-refractivity contribution is 5.90. The minimum absolute atomic E-state index is 0.557. The van der Waals surface area contributed by atoms with Gasteiger partial charge in [0, 0.05) is 23.1 Å². The first-order valence-corrected chi connectivity index (χ1v) is 8.00. The summed E-state index contributed by atoms with van der Waals surface area (Å²) in [4.78, 5) is 4.84. The van der Waals surface area contributed by atoms with E-state index in [9.17, 15) is 0 Å². The lowest BCUT2D eigenvalue weighted by Crippen LogP contribution is -1.94. The lowest BCUT2D eigenvalue weighted by Gasteiger charge is -2.09. The van der Waals surface area contributed by atoms with Gasteiger partial charge in [-0.15, -0.1) is 0 Å². The number of benzene rings is 1. The monoisotopic (exact) mass is 303 g/mol. The van der Waals surface area contributed by atoms with Crippen molar-refractivity contribution in [3.63, 3.8) is 0 Å². The van der Waals surface area contributed by atoms with E-state index in [4.69, 9.17) is 4.98 Å². The lowest BCUT2D eigenvalue weighted by atomic mass is 9.98. The van der Waals surface area contributed by atoms with Gasteiger partial charge in [0.1, 0.15) is 0 Å². The van der Waals surface area contributed by atoms with E-state index in [-0.39, 0.29) is 0 Å². The largest absolute Gasteiger partial charge is 0.278 e. The summed E-state index contributed by atoms with van der Waals surface area (Å²) in [6.07, 6.45) is 6.31. The van der Waals surface area contributed by atoms with Crippen LogP contribution >= 0.6 is 0 Å². The number of hydrogen-bond donors (Lipinski definition) is 1. The molecule has 3 aromatic heterocycles. The Hall–Kier alpha value is -2.69. The molecule has 0 atom stereocenters. The van der Waals surface area contributed by atoms with Crippen molar-refractivity contribution >= 4 is 16.6 Å². The average Bonchev–Trinajstić information content (AvgIpc) is 3.11. The third kappa shape index (κ3) is 1.89. The maximum Gasteiger partial charge on any atom is 0.163 e. The summed E-state index contributed by atoms with van der Waals surface area (Å²) in [5, 5.41) is 13.0. The molecule has 3 heterocycles. The average molecular weight is 303 g/mol. The number of aromatic amines is 1. The van der Waals surface area contributed by atoms with Crippen LogP contribution in [-0.4, -0.2) is 24.8 Å². The normalized spacial score (nSPS) is 14.9. The quantitative estimate of drug-likeness (QED) is 0.613. The molecule has 1 fully saturated rings. The fraction of sp³-hybridized carbons (Fsp3) is 0.278. The molecular weight excluding hydrogens is 286 g/mol. The molecule has 0 amide bonds. The molecule has 0 bridgehead atoms. The predicted octanol–water partition coefficient (Wildman–Crippen LogP) is 3.77. The molecule has 0 saturated heterocycles. The molecule has 1 aromatic carbocycles. The van der Waals surface area contributed by atoms with Gasteiger partial charge >= 0.3 is 0 Å². The van der Waals surface area contributed by atoms with Crippen LogP contribution in [0.5, 0.6) is 0 Å². The Balaban J connectivity index is 1.81. The number of pyridine rings is 1. The van der Waals surface area contributed by atoms with Crippen molar-refractivity contribution in [2.24, 2.45) is 0 Å². The zero-order chi connectivity index (χ0) is 15.6. The summed E-state index contributed by atoms with van der Waals surface area (Å²) < 4.78 is 1.92. The van der Waals surface area contributed by atoms with Crippen LogP contribution in [0, 0.1) is 13.8 Å². The molecule has 1 aliphatic rings. The number of rotatable bonds is 2. The first-order chi connectivity index (χ1) is 11.2. The van der Waals surface area contributed by atoms with Crippen LogP contribution in [0.4, 0.5) is 0 Å². The first kappa shape index (κ1) is 12.8. The van der Waals surface area contributed by atoms with E-state index in [0.717, 1.165) is 27.9 Å². The fourth-order valence-corrected chi connectivity index (χ4v) is 3.31. The molecule has 0 unspecified atom stereocenters. The number of H-pyrrole nitrogens is 1. The number of aryl methyl sites for hydroxylation is 2. The Morgan fingerprint density at radius 3 is 2.87 bits per heavy atom. The van der Waals surface area contributed by atoms with Crippen molar-refractivity contribution < 1.29 is 0 Å². The number of nitrogens with one attached hydrogen (secondary N) is 1. The summed E-state index contributed by atoms with van der Waals surface area (Å²) >= 11 is 0. The molecular formula is C18H17N5. The van der Waals surface area contributed by atoms with E-state index in [1.54, 1.807) is 0 Å². The molecule has 5 rings (SSSR count). The van der Waals surface area contributed by atoms with Gasteiger partial charge in [0.05, 0.1) is 11.7 Å². The van der Waals surface area contributed by atoms with E-state index in [2.05, 4.69) is 47.3 Å². The minimum Gasteiger partial charge on any atom is -0.278 e. The smallest absolute Gasteiger partial charge is 0.163 e. The van der Waals surface area contributed by atoms with Crippen molar-refractivity contribution in [1.29, 1.82) is 0 Å². The highest BCUT2D eigenvalue weighted by Gasteiger charge is 2.28. The summed E-state index contributed by atoms with van der Waals surface area (Å²) in [5.41, 5.74) is 6.80. The second-order valence-corrected chi connectivity index (χ2v) is 6.51. The standard InChI is InChI=1S/C18H17N5/c1-10-5-6-23-18(20-17(22-23)12-3-4-12)15(10)13-7-11(2)16-14(8-13)9-19-21-16/h5-9,12H,3-4H2,1-2H3,(H,19,21). The summed E-state index contributed by atoms with van der Waals surface area (Å²) in [5.74, 6) is 1.54. The molecule has 0 spiro atoms. The lowest BCUT2D eigenvalue weighted by molar-refractivity contribution is 0.877. The van der Waals surface area contributed by atoms with Crippen LogP contribution in [0.3, 0.4) is 0 Å². The van der Waals surface area contributed by atoms with Gasteiger partial charge in [0.25, 0.3) is 0 Å². The van der Waals surface area contributed by atoms with Crippen LogP contribution in [0.15, 0.2) is 30.6 Å². The zero-order valence-electron chi connectivity index (χ0n) is 13.2. The molecule has 23 heavy (non-hydrogen) atoms. The molecule has 0 aliphatic heterocycles. The van der Waals surface area contributed by atoms with Gasteiger partial charge < -0.3 is 0 Å². The molecule has 114 valence electrons. The number of hydrogen-bond acceptors (Lipinski definition) is 3. The van der Waals surface area contributed by atoms with E-state index in [1.807, 2.05) is 16.9 Å². The van der Waals surface area contributed by atoms with Gasteiger partial charge in [-0.3, -0.25) is 5.10 Å². The summed E-state index contributed by atoms with van der Waals surface area (Å²) in [7, 11) is 0. The van der Waals surface area contributed by atoms with Gasteiger partial charge in [-0.25, -0.2) is 9.50 Å². The molecule has 5 heteroatoms. The van der Waals surface area contributed by atoms with Gasteiger partial charge in [-0.2, -0.15) is 10.2 Å². The molecule has 5 nitrogen and oxygen atoms in total. The van der Waals surface area contributed by atoms with Crippen LogP contribution in [0.1, 0.15) is 35.7 Å². The zero-order valence-corrected chi connectivity index (χ0v) is 13.2. The molecule has 0 radical (unpaired) electrons. The third-order valence-electron chi connectivity index (χ3n) is 4.71. The molecule has 1 N–H and O–H groups in total. The molecule has 4 aromatic rings. The SMILES string of the molecule is Cc1ccn2nc(C3CC3)nc2c1-c1cc(C)c2[nH]ncc2c1. The topological polar surface area (TPSA) is 58.9 Å². The van der Waals surface area contributed by atoms with Crippen molar-refractivity contribution in [2.45, 2.75) is 32.6 Å². The molecule has 1 aliphatic carbocycles. The van der Waals surface area contributed by atoms with E-state index in [0.29, 0.717) is 5.92 Å². The van der Waals surface area contributed by atoms with Crippen LogP contribution < -0.4 is 0 Å². The Labute approximate surface area is 133 Å². The second kappa shape index (κ2) is 4.41. The van der Waals surface area contributed by atoms with Gasteiger partial charge in [0.15, 0.2) is 11.5 Å². The van der Waals surface area contributed by atoms with Gasteiger partial charge in [0.2, 0.25) is 0 Å². The molecule has 1 saturated carbocycles. The highest BCUT2D eigenvalue weighted by Crippen LogP contribution is 2.39. The van der Waals surface area contributed by atoms with Crippen molar-refractivity contribution in [2.75, 3.05) is 0 Å². The van der Waals surface area contributed by atoms with Gasteiger partial charge in [-0.1, -0.05) is 0 Å². The van der Waals surface area contributed by atoms with Crippen LogP contribution in [-0.2, 0) is 0 Å². The number of aromatic nitrogens is 5. The Bertz CT molecular complexity index is 1050. The van der Waals surface area contributed by atoms with E-state index < -0.39 is 0 Å². The Kier molecular flexibility index (Phi) is 2.46. The van der Waals surface area contributed by atoms with E-state index >= 15 is 0 Å². The minimum atomic E-state index is 0.557. The Morgan fingerprint density at radius 1 is 1.17 bits per heavy atom. The highest BCUT2D eigenvalue weighted by atomic mass is 15.3. The predicted molar refractivity (Wildman–Crippen MR) is 89.5 cm³/mol. The van der Waals surface area contributed by atoms with Gasteiger partial charge in [-0.05, 0) is 61.6 Å². The van der Waals surface area contributed by atoms with Crippen molar-refractivity contribution in [3.05, 3.63) is 47.5 Å². The number of fused-ring (bicyclic) bond motifs is 2. The van der Waals surface area contributed by atoms with Crippen molar-refractivity contribution in [1.82, 2.24) is 24.8 Å². The van der Waals surface area contributed by atoms with Crippen LogP contribution in [0.2, 0.25) is 0 Å². The van der Waals surface area contributed by atoms with Crippen LogP contribution in [0.25, 0.3) is 27.7 Å². The maximum absolute atomic E-state index is 4.84. The maximum atomic E-state index is 4.84. The number of nitrogens with zero attached hydrogens (tertiary/aromatic N) is 4. The van der Waals surface area contributed by atoms with Crippen molar-refractivity contribution in [3.8, 4) is 11.1 Å². The fourth-order valence-electron chi connectivity index (χ4n) is 3.31. The Morgan fingerprint density at radius 2 is 2.04 bits per heavy atom. The first-order valence-electron chi connectivity index (χ1n) is 8.00. The summed E-state index contributed by atoms with van der Waals surface area (Å²) in [6, 6.07) is 6.50. The third-order valence-corrected chi connectivity index (χ3v) is 4.71.